The van der Waals surface area contributed by atoms with Gasteiger partial charge in [-0.25, -0.2) is 5.43 Å². The minimum absolute atomic E-state index is 0.234. The highest BCUT2D eigenvalue weighted by molar-refractivity contribution is 5.95. The molecule has 1 amide bonds. The van der Waals surface area contributed by atoms with E-state index in [1.54, 1.807) is 0 Å². The normalized spacial score (nSPS) is 14.0. The number of nitrogens with one attached hydrogen (secondary N) is 2. The minimum Gasteiger partial charge on any atom is -0.281 e. The van der Waals surface area contributed by atoms with Crippen LogP contribution >= 0.6 is 0 Å². The molecule has 1 aromatic heterocycles. The van der Waals surface area contributed by atoms with E-state index in [1.807, 2.05) is 37.3 Å². The van der Waals surface area contributed by atoms with E-state index in [4.69, 9.17) is 0 Å². The number of aryl methyl sites for hydroxylation is 1. The topological polar surface area (TPSA) is 70.1 Å². The molecule has 5 heteroatoms. The molecule has 108 valence electrons. The summed E-state index contributed by atoms with van der Waals surface area (Å²) >= 11 is 0. The van der Waals surface area contributed by atoms with E-state index in [-0.39, 0.29) is 5.91 Å². The number of rotatable bonds is 4. The average Bonchev–Trinajstić information content (AvgIpc) is 3.08. The number of carbonyl (C=O) groups is 1. The number of hydrazone groups is 1. The lowest BCUT2D eigenvalue weighted by Crippen LogP contribution is -2.21. The fourth-order valence-electron chi connectivity index (χ4n) is 2.64. The first-order valence-corrected chi connectivity index (χ1v) is 7.17. The van der Waals surface area contributed by atoms with Gasteiger partial charge >= 0.3 is 0 Å². The summed E-state index contributed by atoms with van der Waals surface area (Å²) in [7, 11) is 0. The van der Waals surface area contributed by atoms with Gasteiger partial charge in [0.05, 0.1) is 0 Å². The van der Waals surface area contributed by atoms with Crippen molar-refractivity contribution in [2.45, 2.75) is 32.6 Å². The van der Waals surface area contributed by atoms with Crippen LogP contribution in [0.3, 0.4) is 0 Å². The van der Waals surface area contributed by atoms with Crippen LogP contribution in [0.5, 0.6) is 0 Å². The van der Waals surface area contributed by atoms with E-state index in [0.29, 0.717) is 5.69 Å². The van der Waals surface area contributed by atoms with Crippen LogP contribution in [0.15, 0.2) is 35.4 Å². The molecular weight excluding hydrogens is 264 g/mol. The highest BCUT2D eigenvalue weighted by Gasteiger charge is 2.22. The maximum atomic E-state index is 12.1. The van der Waals surface area contributed by atoms with Gasteiger partial charge in [0.25, 0.3) is 5.91 Å². The summed E-state index contributed by atoms with van der Waals surface area (Å²) in [5.41, 5.74) is 7.26. The number of hydrogen-bond donors (Lipinski definition) is 2. The second kappa shape index (κ2) is 5.91. The third kappa shape index (κ3) is 3.02. The molecular formula is C16H18N4O. The predicted octanol–water partition coefficient (Wildman–Crippen LogP) is 2.25. The number of H-pyrrole nitrogens is 1. The number of nitrogens with zero attached hydrogens (tertiary/aromatic N) is 2. The smallest absolute Gasteiger partial charge is 0.281 e. The summed E-state index contributed by atoms with van der Waals surface area (Å²) in [6.07, 6.45) is 3.70. The molecule has 1 heterocycles. The van der Waals surface area contributed by atoms with E-state index in [2.05, 4.69) is 20.7 Å². The third-order valence-electron chi connectivity index (χ3n) is 3.67. The monoisotopic (exact) mass is 282 g/mol. The Morgan fingerprint density at radius 3 is 2.95 bits per heavy atom. The molecule has 1 aliphatic carbocycles. The van der Waals surface area contributed by atoms with Crippen molar-refractivity contribution in [1.82, 2.24) is 15.6 Å². The van der Waals surface area contributed by atoms with Crippen molar-refractivity contribution in [3.8, 4) is 0 Å². The SMILES string of the molecule is C/C(Cc1ccccc1)=N/NC(=O)c1n[nH]c2c1CCC2. The number of hydrogen-bond acceptors (Lipinski definition) is 3. The van der Waals surface area contributed by atoms with Crippen LogP contribution in [-0.2, 0) is 19.3 Å². The first-order chi connectivity index (χ1) is 10.2. The number of aromatic amines is 1. The standard InChI is InChI=1S/C16H18N4O/c1-11(10-12-6-3-2-4-7-12)17-20-16(21)15-13-8-5-9-14(13)18-19-15/h2-4,6-7H,5,8-10H2,1H3,(H,18,19)(H,20,21)/b17-11-. The first-order valence-electron chi connectivity index (χ1n) is 7.17. The molecule has 0 unspecified atom stereocenters. The molecule has 2 aromatic rings. The number of amides is 1. The van der Waals surface area contributed by atoms with Crippen LogP contribution in [0.25, 0.3) is 0 Å². The van der Waals surface area contributed by atoms with Gasteiger partial charge in [-0.2, -0.15) is 10.2 Å². The van der Waals surface area contributed by atoms with Gasteiger partial charge in [-0.05, 0) is 31.7 Å². The van der Waals surface area contributed by atoms with Crippen molar-refractivity contribution in [2.24, 2.45) is 5.10 Å². The predicted molar refractivity (Wildman–Crippen MR) is 81.3 cm³/mol. The van der Waals surface area contributed by atoms with Gasteiger partial charge in [0, 0.05) is 23.4 Å². The van der Waals surface area contributed by atoms with Crippen molar-refractivity contribution < 1.29 is 4.79 Å². The average molecular weight is 282 g/mol. The first kappa shape index (κ1) is 13.5. The van der Waals surface area contributed by atoms with Gasteiger partial charge in [-0.3, -0.25) is 9.89 Å². The van der Waals surface area contributed by atoms with E-state index in [1.165, 1.54) is 5.56 Å². The lowest BCUT2D eigenvalue weighted by Gasteiger charge is -2.02. The van der Waals surface area contributed by atoms with E-state index in [0.717, 1.165) is 42.7 Å². The van der Waals surface area contributed by atoms with Gasteiger partial charge in [0.1, 0.15) is 0 Å². The third-order valence-corrected chi connectivity index (χ3v) is 3.67. The van der Waals surface area contributed by atoms with Gasteiger partial charge in [-0.15, -0.1) is 0 Å². The number of carbonyl (C=O) groups excluding carboxylic acids is 1. The molecule has 3 rings (SSSR count). The zero-order chi connectivity index (χ0) is 14.7. The molecule has 0 saturated heterocycles. The van der Waals surface area contributed by atoms with E-state index in [9.17, 15) is 4.79 Å². The van der Waals surface area contributed by atoms with Crippen LogP contribution < -0.4 is 5.43 Å². The quantitative estimate of drug-likeness (QED) is 0.667. The molecule has 1 aromatic carbocycles. The zero-order valence-electron chi connectivity index (χ0n) is 12.0. The molecule has 0 spiro atoms. The second-order valence-corrected chi connectivity index (χ2v) is 5.33. The Labute approximate surface area is 123 Å². The van der Waals surface area contributed by atoms with Crippen molar-refractivity contribution in [3.05, 3.63) is 52.8 Å². The fourth-order valence-corrected chi connectivity index (χ4v) is 2.64. The summed E-state index contributed by atoms with van der Waals surface area (Å²) < 4.78 is 0. The van der Waals surface area contributed by atoms with E-state index >= 15 is 0 Å². The molecule has 5 nitrogen and oxygen atoms in total. The van der Waals surface area contributed by atoms with Crippen LogP contribution in [0.2, 0.25) is 0 Å². The van der Waals surface area contributed by atoms with Crippen LogP contribution in [0, 0.1) is 0 Å². The zero-order valence-corrected chi connectivity index (χ0v) is 12.0. The minimum atomic E-state index is -0.234. The molecule has 2 N–H and O–H groups in total. The molecule has 0 bridgehead atoms. The van der Waals surface area contributed by atoms with Crippen molar-refractivity contribution in [3.63, 3.8) is 0 Å². The Morgan fingerprint density at radius 2 is 2.14 bits per heavy atom. The summed E-state index contributed by atoms with van der Waals surface area (Å²) in [5, 5.41) is 11.2. The summed E-state index contributed by atoms with van der Waals surface area (Å²) in [6, 6.07) is 10.1. The van der Waals surface area contributed by atoms with Crippen LogP contribution in [0.1, 0.15) is 40.7 Å². The van der Waals surface area contributed by atoms with Crippen LogP contribution in [-0.4, -0.2) is 21.8 Å². The number of aromatic nitrogens is 2. The Hall–Kier alpha value is -2.43. The summed E-state index contributed by atoms with van der Waals surface area (Å²) in [5.74, 6) is -0.234. The highest BCUT2D eigenvalue weighted by Crippen LogP contribution is 2.22. The molecule has 21 heavy (non-hydrogen) atoms. The molecule has 0 saturated carbocycles. The largest absolute Gasteiger partial charge is 0.292 e. The van der Waals surface area contributed by atoms with Crippen LogP contribution in [0.4, 0.5) is 0 Å². The van der Waals surface area contributed by atoms with Gasteiger partial charge < -0.3 is 0 Å². The Kier molecular flexibility index (Phi) is 3.81. The highest BCUT2D eigenvalue weighted by atomic mass is 16.2. The van der Waals surface area contributed by atoms with Gasteiger partial charge in [0.2, 0.25) is 0 Å². The lowest BCUT2D eigenvalue weighted by atomic mass is 10.1. The Balaban J connectivity index is 1.63. The number of benzene rings is 1. The maximum absolute atomic E-state index is 12.1. The molecule has 0 radical (unpaired) electrons. The van der Waals surface area contributed by atoms with Gasteiger partial charge in [-0.1, -0.05) is 30.3 Å². The molecule has 0 fully saturated rings. The van der Waals surface area contributed by atoms with E-state index < -0.39 is 0 Å². The molecule has 0 atom stereocenters. The lowest BCUT2D eigenvalue weighted by molar-refractivity contribution is 0.0949. The van der Waals surface area contributed by atoms with Gasteiger partial charge in [0.15, 0.2) is 5.69 Å². The van der Waals surface area contributed by atoms with Crippen molar-refractivity contribution in [2.75, 3.05) is 0 Å². The second-order valence-electron chi connectivity index (χ2n) is 5.33. The Bertz CT molecular complexity index is 673. The summed E-state index contributed by atoms with van der Waals surface area (Å²) in [4.78, 5) is 12.1. The number of fused-ring (bicyclic) bond motifs is 1. The van der Waals surface area contributed by atoms with Crippen molar-refractivity contribution >= 4 is 11.6 Å². The Morgan fingerprint density at radius 1 is 1.33 bits per heavy atom. The molecule has 0 aliphatic heterocycles. The van der Waals surface area contributed by atoms with Crippen molar-refractivity contribution in [1.29, 1.82) is 0 Å². The fraction of sp³-hybridized carbons (Fsp3) is 0.312. The maximum Gasteiger partial charge on any atom is 0.292 e. The molecule has 1 aliphatic rings. The summed E-state index contributed by atoms with van der Waals surface area (Å²) in [6.45, 7) is 1.91.